The fraction of sp³-hybridized carbons (Fsp3) is 0. The third kappa shape index (κ3) is 2.88. The van der Waals surface area contributed by atoms with Gasteiger partial charge in [0.2, 0.25) is 0 Å². The Balaban J connectivity index is 2.18. The van der Waals surface area contributed by atoms with Crippen molar-refractivity contribution in [3.8, 4) is 0 Å². The maximum Gasteiger partial charge on any atom is 0.275 e. The molecule has 0 spiro atoms. The van der Waals surface area contributed by atoms with E-state index in [9.17, 15) is 4.79 Å². The Hall–Kier alpha value is -1.85. The minimum absolute atomic E-state index is 0.126. The van der Waals surface area contributed by atoms with Crippen LogP contribution in [0.25, 0.3) is 0 Å². The highest BCUT2D eigenvalue weighted by Gasteiger charge is 2.09. The summed E-state index contributed by atoms with van der Waals surface area (Å²) in [5.74, 6) is -0.245. The molecule has 0 aliphatic rings. The molecule has 5 nitrogen and oxygen atoms in total. The average Bonchev–Trinajstić information content (AvgIpc) is 2.34. The van der Waals surface area contributed by atoms with Gasteiger partial charge in [-0.1, -0.05) is 23.2 Å². The normalized spacial score (nSPS) is 10.1. The molecular weight excluding hydrogens is 275 g/mol. The first-order valence-corrected chi connectivity index (χ1v) is 5.66. The number of nitrogens with zero attached hydrogens (tertiary/aromatic N) is 2. The van der Waals surface area contributed by atoms with Crippen LogP contribution in [0.15, 0.2) is 30.6 Å². The van der Waals surface area contributed by atoms with Crippen LogP contribution in [0.2, 0.25) is 10.0 Å². The van der Waals surface area contributed by atoms with Gasteiger partial charge in [-0.2, -0.15) is 0 Å². The molecule has 0 saturated heterocycles. The van der Waals surface area contributed by atoms with E-state index in [-0.39, 0.29) is 11.5 Å². The number of carbonyl (C=O) groups is 1. The summed E-state index contributed by atoms with van der Waals surface area (Å²) in [6.07, 6.45) is 2.68. The number of benzene rings is 1. The van der Waals surface area contributed by atoms with E-state index >= 15 is 0 Å². The van der Waals surface area contributed by atoms with E-state index < -0.39 is 5.91 Å². The topological polar surface area (TPSA) is 80.9 Å². The molecule has 0 bridgehead atoms. The summed E-state index contributed by atoms with van der Waals surface area (Å²) in [6.45, 7) is 0. The smallest absolute Gasteiger partial charge is 0.275 e. The highest BCUT2D eigenvalue weighted by Crippen LogP contribution is 2.25. The number of rotatable bonds is 2. The fourth-order valence-corrected chi connectivity index (χ4v) is 1.56. The molecule has 1 aromatic heterocycles. The summed E-state index contributed by atoms with van der Waals surface area (Å²) in [6, 6.07) is 4.76. The van der Waals surface area contributed by atoms with Crippen LogP contribution in [0.5, 0.6) is 0 Å². The van der Waals surface area contributed by atoms with Crippen LogP contribution >= 0.6 is 23.2 Å². The van der Waals surface area contributed by atoms with Crippen LogP contribution < -0.4 is 11.1 Å². The Labute approximate surface area is 113 Å². The van der Waals surface area contributed by atoms with E-state index in [4.69, 9.17) is 28.9 Å². The molecule has 0 aliphatic carbocycles. The number of halogens is 2. The number of anilines is 2. The zero-order valence-corrected chi connectivity index (χ0v) is 10.5. The minimum atomic E-state index is -0.423. The van der Waals surface area contributed by atoms with Crippen molar-refractivity contribution in [2.75, 3.05) is 11.1 Å². The lowest BCUT2D eigenvalue weighted by atomic mass is 10.3. The predicted molar refractivity (Wildman–Crippen MR) is 70.9 cm³/mol. The van der Waals surface area contributed by atoms with E-state index in [1.54, 1.807) is 18.2 Å². The Morgan fingerprint density at radius 1 is 1.22 bits per heavy atom. The summed E-state index contributed by atoms with van der Waals surface area (Å²) in [5, 5.41) is 3.38. The molecule has 0 aliphatic heterocycles. The van der Waals surface area contributed by atoms with Crippen LogP contribution in [-0.2, 0) is 0 Å². The lowest BCUT2D eigenvalue weighted by Crippen LogP contribution is -2.14. The Morgan fingerprint density at radius 2 is 2.00 bits per heavy atom. The molecule has 1 heterocycles. The second-order valence-corrected chi connectivity index (χ2v) is 4.23. The largest absolute Gasteiger partial charge is 0.382 e. The van der Waals surface area contributed by atoms with Gasteiger partial charge in [0.25, 0.3) is 5.91 Å². The molecule has 92 valence electrons. The zero-order valence-electron chi connectivity index (χ0n) is 9.02. The molecule has 7 heteroatoms. The van der Waals surface area contributed by atoms with Crippen LogP contribution in [0, 0.1) is 0 Å². The molecule has 0 unspecified atom stereocenters. The van der Waals surface area contributed by atoms with Crippen molar-refractivity contribution in [2.45, 2.75) is 0 Å². The third-order valence-electron chi connectivity index (χ3n) is 2.06. The van der Waals surface area contributed by atoms with Crippen LogP contribution in [0.4, 0.5) is 11.5 Å². The number of nitrogen functional groups attached to an aromatic ring is 1. The summed E-state index contributed by atoms with van der Waals surface area (Å²) < 4.78 is 0. The summed E-state index contributed by atoms with van der Waals surface area (Å²) in [4.78, 5) is 19.5. The molecule has 0 atom stereocenters. The van der Waals surface area contributed by atoms with Gasteiger partial charge in [0.1, 0.15) is 11.5 Å². The standard InChI is InChI=1S/C11H8Cl2N4O/c12-7-2-1-6(3-8(7)13)16-11(18)9-4-15-5-10(14)17-9/h1-5H,(H2,14,17)(H,16,18). The van der Waals surface area contributed by atoms with Gasteiger partial charge >= 0.3 is 0 Å². The monoisotopic (exact) mass is 282 g/mol. The lowest BCUT2D eigenvalue weighted by Gasteiger charge is -2.05. The zero-order chi connectivity index (χ0) is 13.1. The number of hydrogen-bond acceptors (Lipinski definition) is 4. The second-order valence-electron chi connectivity index (χ2n) is 3.41. The summed E-state index contributed by atoms with van der Waals surface area (Å²) in [7, 11) is 0. The van der Waals surface area contributed by atoms with Gasteiger partial charge in [-0.05, 0) is 18.2 Å². The third-order valence-corrected chi connectivity index (χ3v) is 2.80. The summed E-state index contributed by atoms with van der Waals surface area (Å²) >= 11 is 11.6. The van der Waals surface area contributed by atoms with Gasteiger partial charge < -0.3 is 11.1 Å². The van der Waals surface area contributed by atoms with Gasteiger partial charge in [-0.3, -0.25) is 9.78 Å². The maximum absolute atomic E-state index is 11.8. The molecule has 1 aromatic carbocycles. The number of hydrogen-bond donors (Lipinski definition) is 2. The molecule has 1 amide bonds. The number of nitrogens with two attached hydrogens (primary N) is 1. The quantitative estimate of drug-likeness (QED) is 0.887. The number of nitrogens with one attached hydrogen (secondary N) is 1. The van der Waals surface area contributed by atoms with Crippen LogP contribution in [0.1, 0.15) is 10.5 Å². The number of aromatic nitrogens is 2. The van der Waals surface area contributed by atoms with Gasteiger partial charge in [-0.25, -0.2) is 4.98 Å². The molecule has 18 heavy (non-hydrogen) atoms. The van der Waals surface area contributed by atoms with E-state index in [0.717, 1.165) is 0 Å². The number of amides is 1. The van der Waals surface area contributed by atoms with Crippen molar-refractivity contribution in [3.63, 3.8) is 0 Å². The van der Waals surface area contributed by atoms with E-state index in [1.165, 1.54) is 12.4 Å². The molecule has 0 radical (unpaired) electrons. The summed E-state index contributed by atoms with van der Waals surface area (Å²) in [5.41, 5.74) is 6.08. The van der Waals surface area contributed by atoms with Crippen molar-refractivity contribution < 1.29 is 4.79 Å². The van der Waals surface area contributed by atoms with Crippen molar-refractivity contribution in [3.05, 3.63) is 46.3 Å². The van der Waals surface area contributed by atoms with Crippen molar-refractivity contribution >= 4 is 40.6 Å². The molecule has 2 aromatic rings. The highest BCUT2D eigenvalue weighted by molar-refractivity contribution is 6.42. The second kappa shape index (κ2) is 5.20. The fourth-order valence-electron chi connectivity index (χ4n) is 1.26. The van der Waals surface area contributed by atoms with E-state index in [0.29, 0.717) is 15.7 Å². The first-order chi connectivity index (χ1) is 8.56. The minimum Gasteiger partial charge on any atom is -0.382 e. The molecule has 2 rings (SSSR count). The lowest BCUT2D eigenvalue weighted by molar-refractivity contribution is 0.102. The Kier molecular flexibility index (Phi) is 3.64. The molecule has 3 N–H and O–H groups in total. The van der Waals surface area contributed by atoms with E-state index in [1.807, 2.05) is 0 Å². The highest BCUT2D eigenvalue weighted by atomic mass is 35.5. The van der Waals surface area contributed by atoms with Gasteiger partial charge in [0, 0.05) is 5.69 Å². The van der Waals surface area contributed by atoms with Crippen molar-refractivity contribution in [1.82, 2.24) is 9.97 Å². The van der Waals surface area contributed by atoms with Crippen LogP contribution in [0.3, 0.4) is 0 Å². The van der Waals surface area contributed by atoms with Gasteiger partial charge in [0.05, 0.1) is 22.4 Å². The molecule has 0 saturated carbocycles. The van der Waals surface area contributed by atoms with Gasteiger partial charge in [-0.15, -0.1) is 0 Å². The Bertz CT molecular complexity index is 603. The first kappa shape index (κ1) is 12.6. The Morgan fingerprint density at radius 3 is 2.67 bits per heavy atom. The van der Waals surface area contributed by atoms with E-state index in [2.05, 4.69) is 15.3 Å². The molecule has 0 fully saturated rings. The molecular formula is C11H8Cl2N4O. The first-order valence-electron chi connectivity index (χ1n) is 4.90. The SMILES string of the molecule is Nc1cncc(C(=O)Nc2ccc(Cl)c(Cl)c2)n1. The van der Waals surface area contributed by atoms with Crippen LogP contribution in [-0.4, -0.2) is 15.9 Å². The maximum atomic E-state index is 11.8. The average molecular weight is 283 g/mol. The van der Waals surface area contributed by atoms with Crippen molar-refractivity contribution in [2.24, 2.45) is 0 Å². The predicted octanol–water partition coefficient (Wildman–Crippen LogP) is 2.62. The van der Waals surface area contributed by atoms with Gasteiger partial charge in [0.15, 0.2) is 0 Å². The number of carbonyl (C=O) groups excluding carboxylic acids is 1. The van der Waals surface area contributed by atoms with Crippen molar-refractivity contribution in [1.29, 1.82) is 0 Å².